The second-order valence-corrected chi connectivity index (χ2v) is 5.63. The maximum atomic E-state index is 11.2. The molecule has 1 aliphatic rings. The number of benzene rings is 1. The summed E-state index contributed by atoms with van der Waals surface area (Å²) >= 11 is 0. The average molecular weight is 322 g/mol. The van der Waals surface area contributed by atoms with Crippen LogP contribution < -0.4 is 0 Å². The number of rotatable bonds is 2. The molecule has 2 unspecified atom stereocenters. The number of carbonyl (C=O) groups excluding carboxylic acids is 1. The van der Waals surface area contributed by atoms with E-state index in [0.717, 1.165) is 25.9 Å². The number of cyclic esters (lactones) is 1. The van der Waals surface area contributed by atoms with Gasteiger partial charge in [0, 0.05) is 6.61 Å². The third-order valence-corrected chi connectivity index (χ3v) is 3.72. The van der Waals surface area contributed by atoms with Gasteiger partial charge in [0.25, 0.3) is 0 Å². The molecule has 0 aliphatic carbocycles. The van der Waals surface area contributed by atoms with Gasteiger partial charge in [0.05, 0.1) is 24.7 Å². The molecular weight excluding hydrogens is 296 g/mol. The molecule has 2 atom stereocenters. The van der Waals surface area contributed by atoms with Gasteiger partial charge in [-0.05, 0) is 37.8 Å². The molecule has 1 saturated heterocycles. The van der Waals surface area contributed by atoms with Crippen LogP contribution in [0, 0.1) is 5.92 Å². The van der Waals surface area contributed by atoms with E-state index in [1.165, 1.54) is 0 Å². The highest BCUT2D eigenvalue weighted by molar-refractivity contribution is 5.87. The van der Waals surface area contributed by atoms with Crippen LogP contribution in [0.1, 0.15) is 49.9 Å². The Morgan fingerprint density at radius 2 is 1.96 bits per heavy atom. The van der Waals surface area contributed by atoms with E-state index in [9.17, 15) is 9.59 Å². The monoisotopic (exact) mass is 322 g/mol. The smallest absolute Gasteiger partial charge is 0.335 e. The first kappa shape index (κ1) is 19.2. The zero-order valence-corrected chi connectivity index (χ0v) is 13.9. The molecule has 128 valence electrons. The maximum Gasteiger partial charge on any atom is 0.335 e. The normalized spacial score (nSPS) is 22.3. The minimum Gasteiger partial charge on any atom is -0.478 e. The SMILES string of the molecule is CCC1CCOCCC(=O)OC(C)C1.O=C(O)c1ccccc1. The Morgan fingerprint density at radius 1 is 1.26 bits per heavy atom. The van der Waals surface area contributed by atoms with Crippen LogP contribution in [0.15, 0.2) is 30.3 Å². The topological polar surface area (TPSA) is 72.8 Å². The van der Waals surface area contributed by atoms with Crippen LogP contribution in [0.3, 0.4) is 0 Å². The van der Waals surface area contributed by atoms with Crippen LogP contribution in [0.4, 0.5) is 0 Å². The molecule has 0 amide bonds. The highest BCUT2D eigenvalue weighted by Crippen LogP contribution is 2.18. The van der Waals surface area contributed by atoms with Gasteiger partial charge >= 0.3 is 11.9 Å². The number of hydrogen-bond donors (Lipinski definition) is 1. The van der Waals surface area contributed by atoms with Crippen LogP contribution in [0.2, 0.25) is 0 Å². The van der Waals surface area contributed by atoms with Gasteiger partial charge in [0.2, 0.25) is 0 Å². The first-order valence-electron chi connectivity index (χ1n) is 8.08. The van der Waals surface area contributed by atoms with Crippen molar-refractivity contribution in [1.82, 2.24) is 0 Å². The fourth-order valence-electron chi connectivity index (χ4n) is 2.38. The molecule has 5 heteroatoms. The van der Waals surface area contributed by atoms with E-state index < -0.39 is 5.97 Å². The predicted molar refractivity (Wildman–Crippen MR) is 87.4 cm³/mol. The minimum absolute atomic E-state index is 0.0607. The van der Waals surface area contributed by atoms with E-state index in [2.05, 4.69) is 6.92 Å². The number of esters is 1. The molecule has 1 aromatic rings. The molecule has 0 radical (unpaired) electrons. The predicted octanol–water partition coefficient (Wildman–Crippen LogP) is 3.53. The summed E-state index contributed by atoms with van der Waals surface area (Å²) in [5.74, 6) is -0.388. The number of carboxylic acids is 1. The van der Waals surface area contributed by atoms with Crippen molar-refractivity contribution in [2.45, 2.75) is 45.6 Å². The van der Waals surface area contributed by atoms with Gasteiger partial charge in [-0.25, -0.2) is 4.79 Å². The van der Waals surface area contributed by atoms with Crippen LogP contribution >= 0.6 is 0 Å². The van der Waals surface area contributed by atoms with Gasteiger partial charge in [-0.2, -0.15) is 0 Å². The summed E-state index contributed by atoms with van der Waals surface area (Å²) in [5, 5.41) is 8.38. The third kappa shape index (κ3) is 8.35. The quantitative estimate of drug-likeness (QED) is 0.843. The van der Waals surface area contributed by atoms with Crippen LogP contribution in [0.25, 0.3) is 0 Å². The van der Waals surface area contributed by atoms with E-state index in [-0.39, 0.29) is 12.1 Å². The van der Waals surface area contributed by atoms with Crippen molar-refractivity contribution in [3.63, 3.8) is 0 Å². The molecule has 0 aromatic heterocycles. The van der Waals surface area contributed by atoms with Crippen molar-refractivity contribution in [1.29, 1.82) is 0 Å². The Balaban J connectivity index is 0.000000253. The Labute approximate surface area is 137 Å². The molecule has 1 fully saturated rings. The van der Waals surface area contributed by atoms with Crippen molar-refractivity contribution < 1.29 is 24.2 Å². The van der Waals surface area contributed by atoms with Gasteiger partial charge < -0.3 is 14.6 Å². The summed E-state index contributed by atoms with van der Waals surface area (Å²) in [5.41, 5.74) is 0.331. The molecular formula is C18H26O5. The fourth-order valence-corrected chi connectivity index (χ4v) is 2.38. The lowest BCUT2D eigenvalue weighted by Gasteiger charge is -2.21. The number of ether oxygens (including phenoxy) is 2. The second-order valence-electron chi connectivity index (χ2n) is 5.63. The van der Waals surface area contributed by atoms with Crippen molar-refractivity contribution >= 4 is 11.9 Å². The molecule has 1 N–H and O–H groups in total. The lowest BCUT2D eigenvalue weighted by atomic mass is 9.96. The average Bonchev–Trinajstić information content (AvgIpc) is 2.54. The lowest BCUT2D eigenvalue weighted by molar-refractivity contribution is -0.151. The van der Waals surface area contributed by atoms with Crippen LogP contribution in [-0.2, 0) is 14.3 Å². The number of aromatic carboxylic acids is 1. The maximum absolute atomic E-state index is 11.2. The van der Waals surface area contributed by atoms with Crippen LogP contribution in [-0.4, -0.2) is 36.4 Å². The van der Waals surface area contributed by atoms with Gasteiger partial charge in [-0.15, -0.1) is 0 Å². The summed E-state index contributed by atoms with van der Waals surface area (Å²) in [7, 11) is 0. The van der Waals surface area contributed by atoms with Gasteiger partial charge in [-0.1, -0.05) is 31.5 Å². The number of carboxylic acid groups (broad SMARTS) is 1. The Hall–Kier alpha value is -1.88. The van der Waals surface area contributed by atoms with Gasteiger partial charge in [-0.3, -0.25) is 4.79 Å². The zero-order valence-electron chi connectivity index (χ0n) is 13.9. The van der Waals surface area contributed by atoms with E-state index in [1.807, 2.05) is 6.92 Å². The molecule has 2 rings (SSSR count). The molecule has 23 heavy (non-hydrogen) atoms. The van der Waals surface area contributed by atoms with Crippen molar-refractivity contribution in [2.24, 2.45) is 5.92 Å². The molecule has 0 spiro atoms. The summed E-state index contributed by atoms with van der Waals surface area (Å²) in [6.45, 7) is 5.43. The third-order valence-electron chi connectivity index (χ3n) is 3.72. The Kier molecular flexibility index (Phi) is 8.98. The molecule has 1 aromatic carbocycles. The number of carbonyl (C=O) groups is 2. The summed E-state index contributed by atoms with van der Waals surface area (Å²) in [6.07, 6.45) is 3.63. The highest BCUT2D eigenvalue weighted by Gasteiger charge is 2.16. The molecule has 5 nitrogen and oxygen atoms in total. The molecule has 1 heterocycles. The van der Waals surface area contributed by atoms with Crippen molar-refractivity contribution in [3.8, 4) is 0 Å². The van der Waals surface area contributed by atoms with E-state index >= 15 is 0 Å². The number of hydrogen-bond acceptors (Lipinski definition) is 4. The fraction of sp³-hybridized carbons (Fsp3) is 0.556. The van der Waals surface area contributed by atoms with Gasteiger partial charge in [0.15, 0.2) is 0 Å². The van der Waals surface area contributed by atoms with Crippen molar-refractivity contribution in [3.05, 3.63) is 35.9 Å². The zero-order chi connectivity index (χ0) is 17.1. The van der Waals surface area contributed by atoms with Gasteiger partial charge in [0.1, 0.15) is 0 Å². The van der Waals surface area contributed by atoms with E-state index in [4.69, 9.17) is 14.6 Å². The summed E-state index contributed by atoms with van der Waals surface area (Å²) in [6, 6.07) is 8.30. The lowest BCUT2D eigenvalue weighted by Crippen LogP contribution is -2.22. The van der Waals surface area contributed by atoms with Crippen molar-refractivity contribution in [2.75, 3.05) is 13.2 Å². The Morgan fingerprint density at radius 3 is 2.52 bits per heavy atom. The summed E-state index contributed by atoms with van der Waals surface area (Å²) in [4.78, 5) is 21.4. The molecule has 0 saturated carbocycles. The second kappa shape index (κ2) is 10.8. The van der Waals surface area contributed by atoms with E-state index in [1.54, 1.807) is 30.3 Å². The first-order chi connectivity index (χ1) is 11.0. The summed E-state index contributed by atoms with van der Waals surface area (Å²) < 4.78 is 10.6. The molecule has 1 aliphatic heterocycles. The molecule has 0 bridgehead atoms. The largest absolute Gasteiger partial charge is 0.478 e. The minimum atomic E-state index is -0.879. The highest BCUT2D eigenvalue weighted by atomic mass is 16.5. The van der Waals surface area contributed by atoms with E-state index in [0.29, 0.717) is 24.5 Å². The Bertz CT molecular complexity index is 472. The standard InChI is InChI=1S/C11H20O3.C7H6O2/c1-3-10-4-6-13-7-5-11(12)14-9(2)8-10;8-7(9)6-4-2-1-3-5-6/h9-10H,3-8H2,1-2H3;1-5H,(H,8,9). The first-order valence-corrected chi connectivity index (χ1v) is 8.08. The van der Waals surface area contributed by atoms with Crippen LogP contribution in [0.5, 0.6) is 0 Å².